The first-order valence-electron chi connectivity index (χ1n) is 13.0. The second-order valence-electron chi connectivity index (χ2n) is 9.58. The highest BCUT2D eigenvalue weighted by Gasteiger charge is 2.30. The number of hydrogen-bond donors (Lipinski definition) is 5. The maximum atomic E-state index is 13.5. The summed E-state index contributed by atoms with van der Waals surface area (Å²) < 4.78 is 5.61. The monoisotopic (exact) mass is 568 g/mol. The van der Waals surface area contributed by atoms with Gasteiger partial charge in [0.2, 0.25) is 17.7 Å². The van der Waals surface area contributed by atoms with Crippen molar-refractivity contribution in [1.82, 2.24) is 31.2 Å². The number of nitrogens with zero attached hydrogens (tertiary/aromatic N) is 2. The molecular formula is C27H32N6O6S. The van der Waals surface area contributed by atoms with Gasteiger partial charge < -0.3 is 30.8 Å². The van der Waals surface area contributed by atoms with E-state index in [2.05, 4.69) is 31.2 Å². The van der Waals surface area contributed by atoms with Gasteiger partial charge in [0.05, 0.1) is 11.1 Å². The van der Waals surface area contributed by atoms with Crippen LogP contribution < -0.4 is 21.3 Å². The summed E-state index contributed by atoms with van der Waals surface area (Å²) in [6, 6.07) is 6.50. The number of aliphatic hydroxyl groups is 1. The number of fused-ring (bicyclic) bond motifs is 2. The zero-order valence-corrected chi connectivity index (χ0v) is 23.0. The lowest BCUT2D eigenvalue weighted by atomic mass is 10.0. The fraction of sp³-hybridized carbons (Fsp3) is 0.407. The van der Waals surface area contributed by atoms with Crippen LogP contribution in [0.25, 0.3) is 0 Å². The molecule has 0 saturated heterocycles. The van der Waals surface area contributed by atoms with E-state index in [1.54, 1.807) is 12.3 Å². The van der Waals surface area contributed by atoms with E-state index in [4.69, 9.17) is 4.42 Å². The van der Waals surface area contributed by atoms with E-state index in [9.17, 15) is 24.3 Å². The molecule has 0 fully saturated rings. The van der Waals surface area contributed by atoms with Crippen LogP contribution in [0.5, 0.6) is 0 Å². The van der Waals surface area contributed by atoms with Crippen LogP contribution in [0.3, 0.4) is 0 Å². The van der Waals surface area contributed by atoms with Gasteiger partial charge in [0.15, 0.2) is 5.69 Å². The van der Waals surface area contributed by atoms with Crippen LogP contribution in [0.4, 0.5) is 0 Å². The lowest BCUT2D eigenvalue weighted by Gasteiger charge is -2.23. The van der Waals surface area contributed by atoms with E-state index in [0.29, 0.717) is 25.7 Å². The fourth-order valence-corrected chi connectivity index (χ4v) is 4.85. The fourth-order valence-electron chi connectivity index (χ4n) is 4.26. The Labute approximate surface area is 235 Å². The summed E-state index contributed by atoms with van der Waals surface area (Å²) in [6.45, 7) is 3.44. The molecule has 0 radical (unpaired) electrons. The third-order valence-corrected chi connectivity index (χ3v) is 7.17. The lowest BCUT2D eigenvalue weighted by Crippen LogP contribution is -2.52. The van der Waals surface area contributed by atoms with E-state index >= 15 is 0 Å². The van der Waals surface area contributed by atoms with E-state index < -0.39 is 47.9 Å². The van der Waals surface area contributed by atoms with E-state index in [1.807, 2.05) is 30.3 Å². The smallest absolute Gasteiger partial charge is 0.273 e. The van der Waals surface area contributed by atoms with Gasteiger partial charge in [-0.25, -0.2) is 9.97 Å². The second kappa shape index (κ2) is 13.3. The van der Waals surface area contributed by atoms with Crippen LogP contribution >= 0.6 is 11.3 Å². The number of benzene rings is 1. The van der Waals surface area contributed by atoms with Crippen molar-refractivity contribution in [3.05, 3.63) is 69.8 Å². The summed E-state index contributed by atoms with van der Waals surface area (Å²) in [4.78, 5) is 60.5. The van der Waals surface area contributed by atoms with Crippen molar-refractivity contribution in [2.24, 2.45) is 0 Å². The SMILES string of the molecule is Cc1nc(C(=O)N[C@H]2CCCCNC(=O)[C@H]([C@@H](C)O)NC(=O)c3coc(n3)[C@H](Cc3ccccc3)NC2=O)cs1. The normalized spacial score (nSPS) is 21.6. The molecular weight excluding hydrogens is 536 g/mol. The third kappa shape index (κ3) is 7.51. The Morgan fingerprint density at radius 1 is 1.15 bits per heavy atom. The quantitative estimate of drug-likeness (QED) is 0.307. The Balaban J connectivity index is 1.63. The van der Waals surface area contributed by atoms with Gasteiger partial charge in [0, 0.05) is 18.3 Å². The van der Waals surface area contributed by atoms with Gasteiger partial charge in [-0.05, 0) is 38.7 Å². The maximum Gasteiger partial charge on any atom is 0.273 e. The predicted molar refractivity (Wildman–Crippen MR) is 145 cm³/mol. The Kier molecular flexibility index (Phi) is 9.61. The minimum absolute atomic E-state index is 0.0766. The molecule has 0 saturated carbocycles. The Morgan fingerprint density at radius 3 is 2.62 bits per heavy atom. The van der Waals surface area contributed by atoms with Crippen molar-refractivity contribution >= 4 is 35.0 Å². The standard InChI is InChI=1S/C27H32N6O6S/c1-15(34)22-26(38)28-11-7-6-10-18(30-25(37)21-14-40-16(2)29-21)23(35)31-19(12-17-8-4-3-5-9-17)27-32-20(13-39-27)24(36)33-22/h3-5,8-9,13-15,18-19,22,34H,6-7,10-12H2,1-2H3,(H,28,38)(H,30,37)(H,31,35)(H,33,36)/t15-,18+,19+,22+/m1/s1. The minimum atomic E-state index is -1.20. The summed E-state index contributed by atoms with van der Waals surface area (Å²) in [5, 5.41) is 23.4. The molecule has 13 heteroatoms. The zero-order valence-electron chi connectivity index (χ0n) is 22.2. The highest BCUT2D eigenvalue weighted by atomic mass is 32.1. The van der Waals surface area contributed by atoms with Crippen LogP contribution in [0.2, 0.25) is 0 Å². The molecule has 3 aromatic rings. The van der Waals surface area contributed by atoms with Crippen molar-refractivity contribution in [2.45, 2.75) is 63.8 Å². The number of rotatable bonds is 5. The topological polar surface area (TPSA) is 176 Å². The maximum absolute atomic E-state index is 13.5. The van der Waals surface area contributed by atoms with Gasteiger partial charge in [-0.3, -0.25) is 19.2 Å². The summed E-state index contributed by atoms with van der Waals surface area (Å²) in [6.07, 6.45) is 1.56. The van der Waals surface area contributed by atoms with Crippen molar-refractivity contribution in [1.29, 1.82) is 0 Å². The number of hydrogen-bond acceptors (Lipinski definition) is 9. The molecule has 0 aliphatic carbocycles. The molecule has 2 aromatic heterocycles. The van der Waals surface area contributed by atoms with Gasteiger partial charge >= 0.3 is 0 Å². The average molecular weight is 569 g/mol. The number of carbonyl (C=O) groups is 4. The Morgan fingerprint density at radius 2 is 1.93 bits per heavy atom. The van der Waals surface area contributed by atoms with Crippen molar-refractivity contribution < 1.29 is 28.7 Å². The van der Waals surface area contributed by atoms with Crippen molar-refractivity contribution in [3.8, 4) is 0 Å². The second-order valence-corrected chi connectivity index (χ2v) is 10.6. The van der Waals surface area contributed by atoms with Crippen molar-refractivity contribution in [2.75, 3.05) is 6.54 Å². The summed E-state index contributed by atoms with van der Waals surface area (Å²) in [7, 11) is 0. The summed E-state index contributed by atoms with van der Waals surface area (Å²) in [5.41, 5.74) is 0.996. The number of aryl methyl sites for hydroxylation is 1. The number of aliphatic hydroxyl groups excluding tert-OH is 1. The highest BCUT2D eigenvalue weighted by Crippen LogP contribution is 2.20. The van der Waals surface area contributed by atoms with Gasteiger partial charge in [0.25, 0.3) is 11.8 Å². The van der Waals surface area contributed by atoms with Gasteiger partial charge in [-0.15, -0.1) is 11.3 Å². The molecule has 12 nitrogen and oxygen atoms in total. The molecule has 40 heavy (non-hydrogen) atoms. The van der Waals surface area contributed by atoms with Gasteiger partial charge in [-0.2, -0.15) is 0 Å². The predicted octanol–water partition coefficient (Wildman–Crippen LogP) is 1.42. The number of aromatic nitrogens is 2. The molecule has 4 atom stereocenters. The molecule has 3 heterocycles. The number of nitrogens with one attached hydrogen (secondary N) is 4. The lowest BCUT2D eigenvalue weighted by molar-refractivity contribution is -0.125. The largest absolute Gasteiger partial charge is 0.446 e. The van der Waals surface area contributed by atoms with Crippen LogP contribution in [-0.4, -0.2) is 63.4 Å². The first kappa shape index (κ1) is 28.9. The molecule has 0 spiro atoms. The van der Waals surface area contributed by atoms with Gasteiger partial charge in [-0.1, -0.05) is 30.3 Å². The van der Waals surface area contributed by atoms with Crippen LogP contribution in [0.1, 0.15) is 69.7 Å². The number of oxazole rings is 1. The average Bonchev–Trinajstić information content (AvgIpc) is 3.60. The molecule has 5 N–H and O–H groups in total. The minimum Gasteiger partial charge on any atom is -0.446 e. The molecule has 0 unspecified atom stereocenters. The first-order valence-corrected chi connectivity index (χ1v) is 13.9. The summed E-state index contributed by atoms with van der Waals surface area (Å²) in [5.74, 6) is -2.11. The third-order valence-electron chi connectivity index (χ3n) is 6.40. The zero-order chi connectivity index (χ0) is 28.6. The van der Waals surface area contributed by atoms with E-state index in [-0.39, 0.29) is 23.8 Å². The first-order chi connectivity index (χ1) is 19.2. The molecule has 1 aliphatic heterocycles. The Hall–Kier alpha value is -4.10. The van der Waals surface area contributed by atoms with E-state index in [0.717, 1.165) is 16.8 Å². The molecule has 1 aromatic carbocycles. The number of carbonyl (C=O) groups excluding carboxylic acids is 4. The molecule has 212 valence electrons. The van der Waals surface area contributed by atoms with Crippen LogP contribution in [-0.2, 0) is 16.0 Å². The van der Waals surface area contributed by atoms with E-state index in [1.165, 1.54) is 18.3 Å². The molecule has 4 amide bonds. The molecule has 1 aliphatic rings. The van der Waals surface area contributed by atoms with Crippen molar-refractivity contribution in [3.63, 3.8) is 0 Å². The number of thiazole rings is 1. The molecule has 2 bridgehead atoms. The van der Waals surface area contributed by atoms with Crippen LogP contribution in [0.15, 0.2) is 46.4 Å². The highest BCUT2D eigenvalue weighted by molar-refractivity contribution is 7.09. The number of amides is 4. The molecule has 4 rings (SSSR count). The Bertz CT molecular complexity index is 1340. The summed E-state index contributed by atoms with van der Waals surface area (Å²) >= 11 is 1.33. The van der Waals surface area contributed by atoms with Crippen LogP contribution in [0, 0.1) is 6.92 Å². The van der Waals surface area contributed by atoms with Gasteiger partial charge in [0.1, 0.15) is 30.1 Å².